The first kappa shape index (κ1) is 15.6. The van der Waals surface area contributed by atoms with Crippen molar-refractivity contribution >= 4 is 0 Å². The summed E-state index contributed by atoms with van der Waals surface area (Å²) in [5.74, 6) is 0.872. The van der Waals surface area contributed by atoms with Gasteiger partial charge in [-0.2, -0.15) is 0 Å². The van der Waals surface area contributed by atoms with E-state index in [2.05, 4.69) is 45.0 Å². The lowest BCUT2D eigenvalue weighted by molar-refractivity contribution is 0.340. The minimum Gasteiger partial charge on any atom is -0.494 e. The topological polar surface area (TPSA) is 35.2 Å². The first-order valence-electron chi connectivity index (χ1n) is 7.50. The van der Waals surface area contributed by atoms with Crippen LogP contribution in [-0.2, 0) is 5.41 Å². The number of rotatable bonds is 4. The molecule has 112 valence electrons. The van der Waals surface area contributed by atoms with Crippen molar-refractivity contribution in [2.75, 3.05) is 6.61 Å². The maximum absolute atomic E-state index is 6.38. The van der Waals surface area contributed by atoms with Crippen LogP contribution in [0.3, 0.4) is 0 Å². The first-order chi connectivity index (χ1) is 9.91. The van der Waals surface area contributed by atoms with E-state index < -0.39 is 0 Å². The van der Waals surface area contributed by atoms with Gasteiger partial charge in [0, 0.05) is 0 Å². The Bertz CT molecular complexity index is 581. The molecule has 0 saturated heterocycles. The Morgan fingerprint density at radius 2 is 1.67 bits per heavy atom. The van der Waals surface area contributed by atoms with Gasteiger partial charge in [0.25, 0.3) is 0 Å². The zero-order chi connectivity index (χ0) is 15.5. The van der Waals surface area contributed by atoms with Crippen molar-refractivity contribution in [1.82, 2.24) is 0 Å². The second kappa shape index (κ2) is 6.31. The Morgan fingerprint density at radius 3 is 2.24 bits per heavy atom. The fourth-order valence-electron chi connectivity index (χ4n) is 2.35. The smallest absolute Gasteiger partial charge is 0.119 e. The van der Waals surface area contributed by atoms with Gasteiger partial charge in [-0.05, 0) is 41.2 Å². The average Bonchev–Trinajstić information content (AvgIpc) is 2.46. The summed E-state index contributed by atoms with van der Waals surface area (Å²) in [6.07, 6.45) is 0. The van der Waals surface area contributed by atoms with Gasteiger partial charge in [-0.1, -0.05) is 57.2 Å². The zero-order valence-electron chi connectivity index (χ0n) is 13.4. The molecule has 1 atom stereocenters. The van der Waals surface area contributed by atoms with Crippen LogP contribution >= 0.6 is 0 Å². The summed E-state index contributed by atoms with van der Waals surface area (Å²) < 4.78 is 5.54. The van der Waals surface area contributed by atoms with Crippen molar-refractivity contribution in [2.45, 2.75) is 39.2 Å². The highest BCUT2D eigenvalue weighted by atomic mass is 16.5. The molecule has 0 aliphatic rings. The Kier molecular flexibility index (Phi) is 4.69. The standard InChI is InChI=1S/C19H25NO/c1-5-21-17-8-6-7-15(13-17)18(20)14-9-11-16(12-10-14)19(2,3)4/h6-13,18H,5,20H2,1-4H3. The molecule has 1 unspecified atom stereocenters. The molecule has 21 heavy (non-hydrogen) atoms. The molecule has 0 amide bonds. The summed E-state index contributed by atoms with van der Waals surface area (Å²) in [6, 6.07) is 16.5. The molecular weight excluding hydrogens is 258 g/mol. The summed E-state index contributed by atoms with van der Waals surface area (Å²) in [5, 5.41) is 0. The molecule has 0 radical (unpaired) electrons. The predicted molar refractivity (Wildman–Crippen MR) is 88.8 cm³/mol. The van der Waals surface area contributed by atoms with E-state index in [0.29, 0.717) is 6.61 Å². The van der Waals surface area contributed by atoms with Gasteiger partial charge in [0.1, 0.15) is 5.75 Å². The third kappa shape index (κ3) is 3.85. The second-order valence-electron chi connectivity index (χ2n) is 6.36. The van der Waals surface area contributed by atoms with E-state index in [1.165, 1.54) is 5.56 Å². The van der Waals surface area contributed by atoms with Crippen LogP contribution in [0.1, 0.15) is 50.4 Å². The van der Waals surface area contributed by atoms with Crippen molar-refractivity contribution in [3.8, 4) is 5.75 Å². The minimum absolute atomic E-state index is 0.126. The van der Waals surface area contributed by atoms with Gasteiger partial charge in [-0.3, -0.25) is 0 Å². The summed E-state index contributed by atoms with van der Waals surface area (Å²) in [6.45, 7) is 9.30. The quantitative estimate of drug-likeness (QED) is 0.901. The highest BCUT2D eigenvalue weighted by molar-refractivity contribution is 5.38. The van der Waals surface area contributed by atoms with Crippen LogP contribution < -0.4 is 10.5 Å². The molecule has 0 fully saturated rings. The van der Waals surface area contributed by atoms with Gasteiger partial charge in [0.2, 0.25) is 0 Å². The number of hydrogen-bond donors (Lipinski definition) is 1. The molecule has 0 aliphatic heterocycles. The number of benzene rings is 2. The van der Waals surface area contributed by atoms with Crippen molar-refractivity contribution < 1.29 is 4.74 Å². The van der Waals surface area contributed by atoms with E-state index in [0.717, 1.165) is 16.9 Å². The van der Waals surface area contributed by atoms with Crippen LogP contribution in [0.4, 0.5) is 0 Å². The summed E-state index contributed by atoms with van der Waals surface area (Å²) in [5.41, 5.74) is 10.1. The van der Waals surface area contributed by atoms with Crippen LogP contribution in [0.25, 0.3) is 0 Å². The molecule has 0 aliphatic carbocycles. The Labute approximate surface area is 127 Å². The van der Waals surface area contributed by atoms with Crippen LogP contribution in [0, 0.1) is 0 Å². The normalized spacial score (nSPS) is 13.0. The predicted octanol–water partition coefficient (Wildman–Crippen LogP) is 4.43. The maximum Gasteiger partial charge on any atom is 0.119 e. The van der Waals surface area contributed by atoms with Crippen molar-refractivity contribution in [2.24, 2.45) is 5.73 Å². The highest BCUT2D eigenvalue weighted by Crippen LogP contribution is 2.27. The third-order valence-corrected chi connectivity index (χ3v) is 3.66. The Balaban J connectivity index is 2.23. The molecule has 2 heteroatoms. The number of nitrogens with two attached hydrogens (primary N) is 1. The van der Waals surface area contributed by atoms with E-state index in [1.54, 1.807) is 0 Å². The average molecular weight is 283 g/mol. The molecule has 0 heterocycles. The zero-order valence-corrected chi connectivity index (χ0v) is 13.4. The van der Waals surface area contributed by atoms with Crippen LogP contribution in [0.5, 0.6) is 5.75 Å². The van der Waals surface area contributed by atoms with Crippen LogP contribution in [0.2, 0.25) is 0 Å². The van der Waals surface area contributed by atoms with Gasteiger partial charge < -0.3 is 10.5 Å². The van der Waals surface area contributed by atoms with Gasteiger partial charge in [0.05, 0.1) is 12.6 Å². The molecule has 0 bridgehead atoms. The van der Waals surface area contributed by atoms with Crippen molar-refractivity contribution in [3.05, 3.63) is 65.2 Å². The molecule has 2 nitrogen and oxygen atoms in total. The molecule has 2 aromatic rings. The number of ether oxygens (including phenoxy) is 1. The van der Waals surface area contributed by atoms with E-state index in [-0.39, 0.29) is 11.5 Å². The van der Waals surface area contributed by atoms with E-state index in [9.17, 15) is 0 Å². The van der Waals surface area contributed by atoms with Crippen LogP contribution in [-0.4, -0.2) is 6.61 Å². The number of hydrogen-bond acceptors (Lipinski definition) is 2. The molecule has 2 aromatic carbocycles. The maximum atomic E-state index is 6.38. The molecule has 2 N–H and O–H groups in total. The fraction of sp³-hybridized carbons (Fsp3) is 0.368. The Morgan fingerprint density at radius 1 is 1.00 bits per heavy atom. The fourth-order valence-corrected chi connectivity index (χ4v) is 2.35. The Hall–Kier alpha value is -1.80. The molecule has 0 spiro atoms. The monoisotopic (exact) mass is 283 g/mol. The van der Waals surface area contributed by atoms with Gasteiger partial charge in [-0.15, -0.1) is 0 Å². The van der Waals surface area contributed by atoms with Crippen molar-refractivity contribution in [3.63, 3.8) is 0 Å². The van der Waals surface area contributed by atoms with E-state index in [1.807, 2.05) is 31.2 Å². The molecule has 0 aromatic heterocycles. The van der Waals surface area contributed by atoms with Gasteiger partial charge in [0.15, 0.2) is 0 Å². The lowest BCUT2D eigenvalue weighted by atomic mass is 9.86. The largest absolute Gasteiger partial charge is 0.494 e. The van der Waals surface area contributed by atoms with Crippen LogP contribution in [0.15, 0.2) is 48.5 Å². The summed E-state index contributed by atoms with van der Waals surface area (Å²) in [4.78, 5) is 0. The minimum atomic E-state index is -0.126. The second-order valence-corrected chi connectivity index (χ2v) is 6.36. The summed E-state index contributed by atoms with van der Waals surface area (Å²) in [7, 11) is 0. The third-order valence-electron chi connectivity index (χ3n) is 3.66. The first-order valence-corrected chi connectivity index (χ1v) is 7.50. The van der Waals surface area contributed by atoms with E-state index in [4.69, 9.17) is 10.5 Å². The molecule has 2 rings (SSSR count). The SMILES string of the molecule is CCOc1cccc(C(N)c2ccc(C(C)(C)C)cc2)c1. The van der Waals surface area contributed by atoms with E-state index >= 15 is 0 Å². The van der Waals surface area contributed by atoms with Gasteiger partial charge in [-0.25, -0.2) is 0 Å². The highest BCUT2D eigenvalue weighted by Gasteiger charge is 2.15. The van der Waals surface area contributed by atoms with Crippen molar-refractivity contribution in [1.29, 1.82) is 0 Å². The molecule has 0 saturated carbocycles. The lowest BCUT2D eigenvalue weighted by Crippen LogP contribution is -2.14. The molecular formula is C19H25NO. The summed E-state index contributed by atoms with van der Waals surface area (Å²) >= 11 is 0. The van der Waals surface area contributed by atoms with Gasteiger partial charge >= 0.3 is 0 Å². The lowest BCUT2D eigenvalue weighted by Gasteiger charge is -2.20.